The van der Waals surface area contributed by atoms with Crippen LogP contribution in [0.4, 0.5) is 0 Å². The summed E-state index contributed by atoms with van der Waals surface area (Å²) in [5, 5.41) is 35.3. The van der Waals surface area contributed by atoms with Gasteiger partial charge >= 0.3 is 5.97 Å². The average Bonchev–Trinajstić information content (AvgIpc) is 2.91. The fourth-order valence-corrected chi connectivity index (χ4v) is 3.51. The number of carbonyl (C=O) groups is 4. The number of nitrogens with zero attached hydrogens (tertiary/aromatic N) is 2. The van der Waals surface area contributed by atoms with E-state index in [9.17, 15) is 34.5 Å². The first-order valence-electron chi connectivity index (χ1n) is 12.7. The number of benzene rings is 1. The number of guanidine groups is 2. The van der Waals surface area contributed by atoms with Crippen molar-refractivity contribution in [2.75, 3.05) is 19.7 Å². The van der Waals surface area contributed by atoms with Gasteiger partial charge in [0, 0.05) is 19.5 Å². The average molecular weight is 581 g/mol. The molecular formula is C24H40N10O7. The van der Waals surface area contributed by atoms with Crippen LogP contribution in [-0.4, -0.2) is 94.8 Å². The Hall–Kier alpha value is -4.64. The maximum absolute atomic E-state index is 13.4. The Morgan fingerprint density at radius 3 is 1.76 bits per heavy atom. The molecule has 0 saturated heterocycles. The second-order valence-corrected chi connectivity index (χ2v) is 9.08. The van der Waals surface area contributed by atoms with Crippen molar-refractivity contribution in [3.63, 3.8) is 0 Å². The molecule has 0 aliphatic rings. The lowest BCUT2D eigenvalue weighted by Gasteiger charge is -2.25. The summed E-state index contributed by atoms with van der Waals surface area (Å²) >= 11 is 0. The molecule has 41 heavy (non-hydrogen) atoms. The predicted molar refractivity (Wildman–Crippen MR) is 150 cm³/mol. The molecule has 0 fully saturated rings. The molecule has 3 amide bonds. The van der Waals surface area contributed by atoms with E-state index in [4.69, 9.17) is 28.7 Å². The monoisotopic (exact) mass is 580 g/mol. The summed E-state index contributed by atoms with van der Waals surface area (Å²) in [6, 6.07) is 0.826. The maximum atomic E-state index is 13.4. The Kier molecular flexibility index (Phi) is 15.0. The summed E-state index contributed by atoms with van der Waals surface area (Å²) in [6.45, 7) is -0.508. The molecule has 0 spiro atoms. The number of aliphatic hydroxyl groups excluding tert-OH is 1. The number of phenols is 1. The fraction of sp³-hybridized carbons (Fsp3) is 0.500. The van der Waals surface area contributed by atoms with Crippen molar-refractivity contribution < 1.29 is 34.5 Å². The Bertz CT molecular complexity index is 1070. The molecule has 17 nitrogen and oxygen atoms in total. The second kappa shape index (κ2) is 17.9. The number of aliphatic hydroxyl groups is 1. The lowest BCUT2D eigenvalue weighted by molar-refractivity contribution is -0.143. The van der Waals surface area contributed by atoms with E-state index in [1.54, 1.807) is 12.1 Å². The van der Waals surface area contributed by atoms with Crippen LogP contribution in [0.2, 0.25) is 0 Å². The van der Waals surface area contributed by atoms with Gasteiger partial charge in [0.15, 0.2) is 11.9 Å². The van der Waals surface area contributed by atoms with Crippen LogP contribution in [0.15, 0.2) is 34.3 Å². The highest BCUT2D eigenvalue weighted by Crippen LogP contribution is 2.12. The molecule has 0 aromatic heterocycles. The van der Waals surface area contributed by atoms with E-state index in [1.807, 2.05) is 0 Å². The van der Waals surface area contributed by atoms with Crippen LogP contribution in [0.5, 0.6) is 5.75 Å². The van der Waals surface area contributed by atoms with Gasteiger partial charge in [0.1, 0.15) is 23.9 Å². The molecule has 4 atom stereocenters. The van der Waals surface area contributed by atoms with Crippen LogP contribution in [-0.2, 0) is 25.6 Å². The number of rotatable bonds is 18. The molecule has 0 heterocycles. The molecule has 1 aromatic carbocycles. The minimum atomic E-state index is -1.61. The van der Waals surface area contributed by atoms with Gasteiger partial charge in [0.05, 0.1) is 12.6 Å². The Labute approximate surface area is 236 Å². The van der Waals surface area contributed by atoms with E-state index in [2.05, 4.69) is 25.9 Å². The summed E-state index contributed by atoms with van der Waals surface area (Å²) in [6.07, 6.45) is 0.799. The lowest BCUT2D eigenvalue weighted by Crippen LogP contribution is -2.58. The predicted octanol–water partition coefficient (Wildman–Crippen LogP) is -4.10. The molecule has 0 bridgehead atoms. The molecular weight excluding hydrogens is 540 g/mol. The van der Waals surface area contributed by atoms with Gasteiger partial charge in [-0.2, -0.15) is 0 Å². The molecule has 0 saturated carbocycles. The lowest BCUT2D eigenvalue weighted by atomic mass is 10.0. The summed E-state index contributed by atoms with van der Waals surface area (Å²) in [5.74, 6) is -4.04. The standard InChI is InChI=1S/C24H40N10O7/c25-15(3-1-9-30-23(26)27)19(37)33-17(11-13-5-7-14(36)8-6-13)21(39)32-16(4-2-10-31-24(28)29)20(38)34-18(12-35)22(40)41/h5-8,15-18,35-36H,1-4,9-12,25H2,(H,32,39)(H,33,37)(H,34,38)(H,40,41)(H4,26,27,30)(H4,28,29,31). The third-order valence-electron chi connectivity index (χ3n) is 5.69. The third-order valence-corrected chi connectivity index (χ3v) is 5.69. The van der Waals surface area contributed by atoms with E-state index in [-0.39, 0.29) is 56.4 Å². The molecule has 16 N–H and O–H groups in total. The van der Waals surface area contributed by atoms with Crippen molar-refractivity contribution in [3.05, 3.63) is 29.8 Å². The second-order valence-electron chi connectivity index (χ2n) is 9.08. The van der Waals surface area contributed by atoms with Crippen LogP contribution in [0.1, 0.15) is 31.2 Å². The first kappa shape index (κ1) is 34.4. The third kappa shape index (κ3) is 13.8. The van der Waals surface area contributed by atoms with Crippen LogP contribution >= 0.6 is 0 Å². The minimum Gasteiger partial charge on any atom is -0.508 e. The van der Waals surface area contributed by atoms with Crippen molar-refractivity contribution in [1.82, 2.24) is 16.0 Å². The quantitative estimate of drug-likeness (QED) is 0.0448. The SMILES string of the molecule is NC(N)=NCCCC(N)C(=O)NC(Cc1ccc(O)cc1)C(=O)NC(CCCN=C(N)N)C(=O)NC(CO)C(=O)O. The number of nitrogens with two attached hydrogens (primary N) is 5. The van der Waals surface area contributed by atoms with Crippen LogP contribution < -0.4 is 44.6 Å². The van der Waals surface area contributed by atoms with Crippen LogP contribution in [0, 0.1) is 0 Å². The van der Waals surface area contributed by atoms with Crippen LogP contribution in [0.25, 0.3) is 0 Å². The zero-order valence-corrected chi connectivity index (χ0v) is 22.5. The van der Waals surface area contributed by atoms with Crippen molar-refractivity contribution >= 4 is 35.6 Å². The van der Waals surface area contributed by atoms with Crippen molar-refractivity contribution in [3.8, 4) is 5.75 Å². The van der Waals surface area contributed by atoms with Crippen LogP contribution in [0.3, 0.4) is 0 Å². The largest absolute Gasteiger partial charge is 0.508 e. The summed E-state index contributed by atoms with van der Waals surface area (Å²) in [5.41, 5.74) is 27.8. The van der Waals surface area contributed by atoms with Gasteiger partial charge in [0.2, 0.25) is 17.7 Å². The van der Waals surface area contributed by atoms with Gasteiger partial charge < -0.3 is 59.9 Å². The number of carboxylic acids is 1. The number of hydrogen-bond donors (Lipinski definition) is 11. The number of aromatic hydroxyl groups is 1. The number of hydrogen-bond acceptors (Lipinski definition) is 9. The number of aliphatic imine (C=N–C) groups is 2. The number of aliphatic carboxylic acids is 1. The topological polar surface area (TPSA) is 320 Å². The highest BCUT2D eigenvalue weighted by molar-refractivity contribution is 5.94. The number of nitrogens with one attached hydrogen (secondary N) is 3. The van der Waals surface area contributed by atoms with Gasteiger partial charge in [0.25, 0.3) is 0 Å². The van der Waals surface area contributed by atoms with Gasteiger partial charge in [-0.15, -0.1) is 0 Å². The fourth-order valence-electron chi connectivity index (χ4n) is 3.51. The van der Waals surface area contributed by atoms with Crippen molar-refractivity contribution in [2.24, 2.45) is 38.7 Å². The Morgan fingerprint density at radius 1 is 0.756 bits per heavy atom. The van der Waals surface area contributed by atoms with Gasteiger partial charge in [-0.05, 0) is 43.4 Å². The zero-order valence-electron chi connectivity index (χ0n) is 22.5. The highest BCUT2D eigenvalue weighted by atomic mass is 16.4. The summed E-state index contributed by atoms with van der Waals surface area (Å²) < 4.78 is 0. The molecule has 17 heteroatoms. The minimum absolute atomic E-state index is 0.00367. The number of carbonyl (C=O) groups excluding carboxylic acids is 3. The van der Waals surface area contributed by atoms with E-state index < -0.39 is 54.5 Å². The zero-order chi connectivity index (χ0) is 30.9. The number of amides is 3. The molecule has 1 aromatic rings. The van der Waals surface area contributed by atoms with E-state index in [0.29, 0.717) is 12.0 Å². The summed E-state index contributed by atoms with van der Waals surface area (Å²) in [7, 11) is 0. The summed E-state index contributed by atoms with van der Waals surface area (Å²) in [4.78, 5) is 58.0. The first-order valence-corrected chi connectivity index (χ1v) is 12.7. The Balaban J connectivity index is 3.11. The molecule has 228 valence electrons. The molecule has 0 radical (unpaired) electrons. The first-order chi connectivity index (χ1) is 19.3. The van der Waals surface area contributed by atoms with E-state index >= 15 is 0 Å². The number of phenolic OH excluding ortho intramolecular Hbond substituents is 1. The number of carboxylic acid groups (broad SMARTS) is 1. The molecule has 4 unspecified atom stereocenters. The molecule has 0 aliphatic carbocycles. The smallest absolute Gasteiger partial charge is 0.328 e. The normalized spacial score (nSPS) is 13.5. The molecule has 0 aliphatic heterocycles. The van der Waals surface area contributed by atoms with Gasteiger partial charge in [-0.3, -0.25) is 24.4 Å². The Morgan fingerprint density at radius 2 is 1.24 bits per heavy atom. The van der Waals surface area contributed by atoms with Gasteiger partial charge in [-0.1, -0.05) is 12.1 Å². The van der Waals surface area contributed by atoms with Crippen molar-refractivity contribution in [2.45, 2.75) is 56.3 Å². The van der Waals surface area contributed by atoms with E-state index in [1.165, 1.54) is 12.1 Å². The highest BCUT2D eigenvalue weighted by Gasteiger charge is 2.30. The van der Waals surface area contributed by atoms with Gasteiger partial charge in [-0.25, -0.2) is 4.79 Å². The van der Waals surface area contributed by atoms with Crippen molar-refractivity contribution in [1.29, 1.82) is 0 Å². The molecule has 1 rings (SSSR count). The van der Waals surface area contributed by atoms with E-state index in [0.717, 1.165) is 0 Å². The maximum Gasteiger partial charge on any atom is 0.328 e.